The van der Waals surface area contributed by atoms with Crippen LogP contribution in [-0.4, -0.2) is 27.5 Å². The number of halogens is 1. The van der Waals surface area contributed by atoms with E-state index in [4.69, 9.17) is 0 Å². The van der Waals surface area contributed by atoms with Crippen LogP contribution in [0.1, 0.15) is 47.6 Å². The van der Waals surface area contributed by atoms with Crippen LogP contribution in [0.3, 0.4) is 0 Å². The van der Waals surface area contributed by atoms with Crippen molar-refractivity contribution >= 4 is 22.4 Å². The summed E-state index contributed by atoms with van der Waals surface area (Å²) >= 11 is 0. The average molecular weight is 375 g/mol. The molecule has 0 aliphatic carbocycles. The molecule has 6 heteroatoms. The first-order valence-corrected chi connectivity index (χ1v) is 9.95. The summed E-state index contributed by atoms with van der Waals surface area (Å²) in [5.41, 5.74) is 5.06. The zero-order valence-corrected chi connectivity index (χ0v) is 17.2. The van der Waals surface area contributed by atoms with E-state index in [-0.39, 0.29) is 18.4 Å². The van der Waals surface area contributed by atoms with E-state index < -0.39 is 10.0 Å². The standard InChI is InChI=1S/C18H30N2O2S.ClH/c1-11-12(2)14(4)18(15(5)13(11)3)23(21,22)20-16(6)17-8-7-9-19-10-17;/h16-17,19-20H,7-10H2,1-6H3;1H. The average Bonchev–Trinajstić information content (AvgIpc) is 2.51. The van der Waals surface area contributed by atoms with Gasteiger partial charge in [-0.05, 0) is 101 Å². The number of hydrogen-bond donors (Lipinski definition) is 2. The van der Waals surface area contributed by atoms with Crippen LogP contribution in [0.4, 0.5) is 0 Å². The Morgan fingerprint density at radius 2 is 1.50 bits per heavy atom. The predicted octanol–water partition coefficient (Wildman–Crippen LogP) is 3.32. The summed E-state index contributed by atoms with van der Waals surface area (Å²) in [5.74, 6) is 0.353. The number of nitrogens with one attached hydrogen (secondary N) is 2. The van der Waals surface area contributed by atoms with E-state index >= 15 is 0 Å². The highest BCUT2D eigenvalue weighted by Gasteiger charge is 2.28. The molecule has 1 aliphatic heterocycles. The third-order valence-electron chi connectivity index (χ3n) is 5.58. The molecule has 0 spiro atoms. The second-order valence-corrected chi connectivity index (χ2v) is 8.62. The molecule has 0 radical (unpaired) electrons. The predicted molar refractivity (Wildman–Crippen MR) is 103 cm³/mol. The highest BCUT2D eigenvalue weighted by atomic mass is 35.5. The number of rotatable bonds is 4. The van der Waals surface area contributed by atoms with Crippen LogP contribution in [0.2, 0.25) is 0 Å². The summed E-state index contributed by atoms with van der Waals surface area (Å²) in [5, 5.41) is 3.35. The zero-order chi connectivity index (χ0) is 17.4. The number of hydrogen-bond acceptors (Lipinski definition) is 3. The largest absolute Gasteiger partial charge is 0.316 e. The lowest BCUT2D eigenvalue weighted by Crippen LogP contribution is -2.44. The van der Waals surface area contributed by atoms with Crippen molar-refractivity contribution in [2.24, 2.45) is 5.92 Å². The van der Waals surface area contributed by atoms with Gasteiger partial charge in [0.2, 0.25) is 10.0 Å². The Hall–Kier alpha value is -0.620. The highest BCUT2D eigenvalue weighted by molar-refractivity contribution is 7.89. The smallest absolute Gasteiger partial charge is 0.241 e. The normalized spacial score (nSPS) is 19.7. The van der Waals surface area contributed by atoms with Gasteiger partial charge in [-0.15, -0.1) is 12.4 Å². The molecule has 138 valence electrons. The van der Waals surface area contributed by atoms with Gasteiger partial charge >= 0.3 is 0 Å². The van der Waals surface area contributed by atoms with Crippen molar-refractivity contribution < 1.29 is 8.42 Å². The molecule has 2 unspecified atom stereocenters. The Morgan fingerprint density at radius 1 is 1.00 bits per heavy atom. The highest BCUT2D eigenvalue weighted by Crippen LogP contribution is 2.30. The molecular weight excluding hydrogens is 344 g/mol. The Labute approximate surface area is 153 Å². The van der Waals surface area contributed by atoms with E-state index in [0.29, 0.717) is 10.8 Å². The molecule has 1 aromatic rings. The zero-order valence-electron chi connectivity index (χ0n) is 15.6. The molecule has 1 aliphatic rings. The molecule has 2 N–H and O–H groups in total. The molecule has 1 aromatic carbocycles. The van der Waals surface area contributed by atoms with Crippen molar-refractivity contribution in [2.75, 3.05) is 13.1 Å². The van der Waals surface area contributed by atoms with Gasteiger partial charge in [0.1, 0.15) is 0 Å². The Bertz CT molecular complexity index is 666. The number of sulfonamides is 1. The van der Waals surface area contributed by atoms with Crippen LogP contribution in [0.5, 0.6) is 0 Å². The minimum Gasteiger partial charge on any atom is -0.316 e. The van der Waals surface area contributed by atoms with E-state index in [1.165, 1.54) is 5.56 Å². The van der Waals surface area contributed by atoms with Gasteiger partial charge in [-0.3, -0.25) is 0 Å². The minimum atomic E-state index is -3.51. The van der Waals surface area contributed by atoms with Crippen molar-refractivity contribution in [3.8, 4) is 0 Å². The molecule has 1 saturated heterocycles. The van der Waals surface area contributed by atoms with E-state index in [1.54, 1.807) is 0 Å². The molecule has 0 bridgehead atoms. The van der Waals surface area contributed by atoms with E-state index in [2.05, 4.69) is 17.0 Å². The first-order chi connectivity index (χ1) is 10.7. The summed E-state index contributed by atoms with van der Waals surface area (Å²) in [6.07, 6.45) is 2.18. The fourth-order valence-corrected chi connectivity index (χ4v) is 5.49. The summed E-state index contributed by atoms with van der Waals surface area (Å²) in [6.45, 7) is 13.8. The van der Waals surface area contributed by atoms with E-state index in [9.17, 15) is 8.42 Å². The van der Waals surface area contributed by atoms with Crippen molar-refractivity contribution in [3.63, 3.8) is 0 Å². The van der Waals surface area contributed by atoms with Gasteiger partial charge in [-0.25, -0.2) is 13.1 Å². The van der Waals surface area contributed by atoms with Crippen LogP contribution >= 0.6 is 12.4 Å². The summed E-state index contributed by atoms with van der Waals surface area (Å²) in [4.78, 5) is 0.466. The molecule has 2 rings (SSSR count). The van der Waals surface area contributed by atoms with Gasteiger partial charge in [-0.2, -0.15) is 0 Å². The maximum atomic E-state index is 13.0. The van der Waals surface area contributed by atoms with Crippen molar-refractivity contribution in [1.82, 2.24) is 10.0 Å². The second kappa shape index (κ2) is 8.17. The van der Waals surface area contributed by atoms with E-state index in [0.717, 1.165) is 48.2 Å². The van der Waals surface area contributed by atoms with Crippen molar-refractivity contribution in [3.05, 3.63) is 27.8 Å². The fraction of sp³-hybridized carbons (Fsp3) is 0.667. The molecule has 0 saturated carbocycles. The molecular formula is C18H31ClN2O2S. The number of piperidine rings is 1. The SMILES string of the molecule is Cc1c(C)c(C)c(S(=O)(=O)NC(C)C2CCCNC2)c(C)c1C.Cl. The minimum absolute atomic E-state index is 0. The first kappa shape index (κ1) is 21.4. The lowest BCUT2D eigenvalue weighted by atomic mass is 9.93. The van der Waals surface area contributed by atoms with Crippen LogP contribution in [0, 0.1) is 40.5 Å². The molecule has 1 heterocycles. The van der Waals surface area contributed by atoms with Gasteiger partial charge in [0.05, 0.1) is 4.90 Å². The van der Waals surface area contributed by atoms with Gasteiger partial charge < -0.3 is 5.32 Å². The summed E-state index contributed by atoms with van der Waals surface area (Å²) in [7, 11) is -3.51. The summed E-state index contributed by atoms with van der Waals surface area (Å²) < 4.78 is 29.0. The van der Waals surface area contributed by atoms with Gasteiger partial charge in [0.25, 0.3) is 0 Å². The first-order valence-electron chi connectivity index (χ1n) is 8.46. The number of benzene rings is 1. The van der Waals surface area contributed by atoms with Gasteiger partial charge in [-0.1, -0.05) is 0 Å². The van der Waals surface area contributed by atoms with Crippen LogP contribution in [-0.2, 0) is 10.0 Å². The lowest BCUT2D eigenvalue weighted by Gasteiger charge is -2.29. The third-order valence-corrected chi connectivity index (χ3v) is 7.41. The molecule has 4 nitrogen and oxygen atoms in total. The quantitative estimate of drug-likeness (QED) is 0.849. The molecule has 0 aromatic heterocycles. The molecule has 2 atom stereocenters. The maximum absolute atomic E-state index is 13.0. The third kappa shape index (κ3) is 4.13. The maximum Gasteiger partial charge on any atom is 0.241 e. The van der Waals surface area contributed by atoms with Crippen molar-refractivity contribution in [1.29, 1.82) is 0 Å². The Kier molecular flexibility index (Phi) is 7.29. The van der Waals surface area contributed by atoms with Crippen molar-refractivity contribution in [2.45, 2.75) is 65.3 Å². The second-order valence-electron chi connectivity index (χ2n) is 6.97. The summed E-state index contributed by atoms with van der Waals surface area (Å²) in [6, 6.07) is -0.0616. The lowest BCUT2D eigenvalue weighted by molar-refractivity contribution is 0.320. The molecule has 0 amide bonds. The Balaban J connectivity index is 0.00000288. The van der Waals surface area contributed by atoms with Crippen LogP contribution in [0.15, 0.2) is 4.90 Å². The van der Waals surface area contributed by atoms with E-state index in [1.807, 2.05) is 34.6 Å². The molecule has 24 heavy (non-hydrogen) atoms. The van der Waals surface area contributed by atoms with Crippen LogP contribution in [0.25, 0.3) is 0 Å². The van der Waals surface area contributed by atoms with Crippen LogP contribution < -0.4 is 10.0 Å². The van der Waals surface area contributed by atoms with Gasteiger partial charge in [0.15, 0.2) is 0 Å². The molecule has 1 fully saturated rings. The monoisotopic (exact) mass is 374 g/mol. The topological polar surface area (TPSA) is 58.2 Å². The Morgan fingerprint density at radius 3 is 1.96 bits per heavy atom. The van der Waals surface area contributed by atoms with Gasteiger partial charge in [0, 0.05) is 6.04 Å². The fourth-order valence-electron chi connectivity index (χ4n) is 3.57.